The van der Waals surface area contributed by atoms with Crippen LogP contribution in [-0.2, 0) is 20.9 Å². The lowest BCUT2D eigenvalue weighted by Gasteiger charge is -2.21. The van der Waals surface area contributed by atoms with Crippen molar-refractivity contribution in [2.45, 2.75) is 6.54 Å². The van der Waals surface area contributed by atoms with Crippen molar-refractivity contribution < 1.29 is 28.5 Å². The molecule has 27 heavy (non-hydrogen) atoms. The minimum Gasteiger partial charge on any atom is -0.486 e. The topological polar surface area (TPSA) is 74.3 Å². The van der Waals surface area contributed by atoms with Gasteiger partial charge in [-0.25, -0.2) is 4.79 Å². The maximum atomic E-state index is 12.2. The molecule has 0 unspecified atom stereocenters. The zero-order chi connectivity index (χ0) is 19.1. The number of amides is 1. The van der Waals surface area contributed by atoms with Crippen LogP contribution < -0.4 is 14.2 Å². The lowest BCUT2D eigenvalue weighted by atomic mass is 10.2. The molecule has 0 saturated heterocycles. The predicted octanol–water partition coefficient (Wildman–Crippen LogP) is 2.04. The molecular formula is C20H21NO6. The third kappa shape index (κ3) is 5.37. The lowest BCUT2D eigenvalue weighted by molar-refractivity contribution is -0.153. The Bertz CT molecular complexity index is 792. The summed E-state index contributed by atoms with van der Waals surface area (Å²) in [6.07, 6.45) is 0. The Morgan fingerprint density at radius 2 is 1.74 bits per heavy atom. The Labute approximate surface area is 157 Å². The quantitative estimate of drug-likeness (QED) is 0.694. The average molecular weight is 371 g/mol. The first-order valence-electron chi connectivity index (χ1n) is 8.58. The van der Waals surface area contributed by atoms with E-state index < -0.39 is 5.97 Å². The van der Waals surface area contributed by atoms with Crippen LogP contribution in [0.2, 0.25) is 0 Å². The number of likely N-dealkylation sites (N-methyl/N-ethyl adjacent to an activating group) is 1. The number of carbonyl (C=O) groups is 2. The number of para-hydroxylation sites is 1. The minimum absolute atomic E-state index is 0.247. The number of carbonyl (C=O) groups excluding carboxylic acids is 2. The van der Waals surface area contributed by atoms with E-state index in [4.69, 9.17) is 18.9 Å². The highest BCUT2D eigenvalue weighted by molar-refractivity contribution is 5.80. The Hall–Kier alpha value is -3.22. The van der Waals surface area contributed by atoms with Gasteiger partial charge < -0.3 is 23.8 Å². The summed E-state index contributed by atoms with van der Waals surface area (Å²) in [5, 5.41) is 0. The molecule has 0 atom stereocenters. The average Bonchev–Trinajstić information content (AvgIpc) is 2.71. The maximum absolute atomic E-state index is 12.2. The molecule has 0 spiro atoms. The summed E-state index contributed by atoms with van der Waals surface area (Å²) < 4.78 is 21.3. The molecule has 0 N–H and O–H groups in total. The van der Waals surface area contributed by atoms with Crippen LogP contribution in [0.1, 0.15) is 5.56 Å². The van der Waals surface area contributed by atoms with Gasteiger partial charge in [-0.15, -0.1) is 0 Å². The number of ether oxygens (including phenoxy) is 4. The highest BCUT2D eigenvalue weighted by Gasteiger charge is 2.16. The van der Waals surface area contributed by atoms with Crippen LogP contribution in [0.25, 0.3) is 0 Å². The number of rotatable bonds is 7. The van der Waals surface area contributed by atoms with Crippen molar-refractivity contribution >= 4 is 11.9 Å². The Balaban J connectivity index is 1.43. The van der Waals surface area contributed by atoms with E-state index >= 15 is 0 Å². The smallest absolute Gasteiger partial charge is 0.344 e. The van der Waals surface area contributed by atoms with E-state index in [-0.39, 0.29) is 19.1 Å². The third-order valence-corrected chi connectivity index (χ3v) is 3.91. The van der Waals surface area contributed by atoms with Crippen LogP contribution in [0.4, 0.5) is 0 Å². The molecule has 3 rings (SSSR count). The zero-order valence-corrected chi connectivity index (χ0v) is 15.1. The van der Waals surface area contributed by atoms with Crippen LogP contribution in [0.3, 0.4) is 0 Å². The number of hydrogen-bond acceptors (Lipinski definition) is 6. The molecule has 0 radical (unpaired) electrons. The second kappa shape index (κ2) is 8.93. The Morgan fingerprint density at radius 3 is 2.52 bits per heavy atom. The largest absolute Gasteiger partial charge is 0.486 e. The molecule has 0 bridgehead atoms. The van der Waals surface area contributed by atoms with Gasteiger partial charge in [0.2, 0.25) is 0 Å². The minimum atomic E-state index is -0.597. The van der Waals surface area contributed by atoms with Crippen molar-refractivity contribution in [3.05, 3.63) is 54.1 Å². The van der Waals surface area contributed by atoms with E-state index in [2.05, 4.69) is 0 Å². The van der Waals surface area contributed by atoms with Gasteiger partial charge in [-0.3, -0.25) is 4.79 Å². The van der Waals surface area contributed by atoms with Crippen molar-refractivity contribution in [2.75, 3.05) is 33.5 Å². The van der Waals surface area contributed by atoms with Gasteiger partial charge in [0.05, 0.1) is 0 Å². The molecule has 7 heteroatoms. The van der Waals surface area contributed by atoms with E-state index in [1.807, 2.05) is 24.3 Å². The van der Waals surface area contributed by atoms with Crippen LogP contribution >= 0.6 is 0 Å². The number of fused-ring (bicyclic) bond motifs is 1. The summed E-state index contributed by atoms with van der Waals surface area (Å²) in [6.45, 7) is 0.824. The van der Waals surface area contributed by atoms with Crippen LogP contribution in [0.5, 0.6) is 17.2 Å². The number of nitrogens with zero attached hydrogens (tertiary/aromatic N) is 1. The summed E-state index contributed by atoms with van der Waals surface area (Å²) in [7, 11) is 1.65. The highest BCUT2D eigenvalue weighted by atomic mass is 16.6. The molecule has 1 heterocycles. The summed E-state index contributed by atoms with van der Waals surface area (Å²) in [5.41, 5.74) is 0.897. The monoisotopic (exact) mass is 371 g/mol. The van der Waals surface area contributed by atoms with Crippen molar-refractivity contribution in [3.8, 4) is 17.2 Å². The first kappa shape index (κ1) is 18.6. The summed E-state index contributed by atoms with van der Waals surface area (Å²) >= 11 is 0. The van der Waals surface area contributed by atoms with Crippen LogP contribution in [0.15, 0.2) is 48.5 Å². The van der Waals surface area contributed by atoms with E-state index in [0.717, 1.165) is 5.56 Å². The van der Waals surface area contributed by atoms with Gasteiger partial charge in [0.25, 0.3) is 5.91 Å². The predicted molar refractivity (Wildman–Crippen MR) is 96.8 cm³/mol. The van der Waals surface area contributed by atoms with Crippen molar-refractivity contribution in [1.29, 1.82) is 0 Å². The normalized spacial score (nSPS) is 12.2. The van der Waals surface area contributed by atoms with Gasteiger partial charge in [0, 0.05) is 13.6 Å². The fourth-order valence-corrected chi connectivity index (χ4v) is 2.50. The lowest BCUT2D eigenvalue weighted by Crippen LogP contribution is -2.31. The molecule has 1 aliphatic heterocycles. The van der Waals surface area contributed by atoms with Gasteiger partial charge in [-0.1, -0.05) is 24.3 Å². The third-order valence-electron chi connectivity index (χ3n) is 3.91. The second-order valence-corrected chi connectivity index (χ2v) is 5.99. The Kier molecular flexibility index (Phi) is 6.14. The molecular weight excluding hydrogens is 350 g/mol. The number of benzene rings is 2. The molecule has 0 saturated carbocycles. The van der Waals surface area contributed by atoms with Gasteiger partial charge in [-0.2, -0.15) is 0 Å². The van der Waals surface area contributed by atoms with E-state index in [1.54, 1.807) is 31.3 Å². The summed E-state index contributed by atoms with van der Waals surface area (Å²) in [6, 6.07) is 14.5. The highest BCUT2D eigenvalue weighted by Crippen LogP contribution is 2.31. The first-order valence-corrected chi connectivity index (χ1v) is 8.58. The SMILES string of the molecule is CN(Cc1ccc2c(c1)OCCO2)C(=O)COC(=O)COc1ccccc1. The summed E-state index contributed by atoms with van der Waals surface area (Å²) in [4.78, 5) is 25.4. The van der Waals surface area contributed by atoms with Gasteiger partial charge in [0.1, 0.15) is 19.0 Å². The second-order valence-electron chi connectivity index (χ2n) is 5.99. The fourth-order valence-electron chi connectivity index (χ4n) is 2.50. The van der Waals surface area contributed by atoms with Gasteiger partial charge in [-0.05, 0) is 29.8 Å². The van der Waals surface area contributed by atoms with Crippen molar-refractivity contribution in [2.24, 2.45) is 0 Å². The molecule has 1 amide bonds. The molecule has 142 valence electrons. The zero-order valence-electron chi connectivity index (χ0n) is 15.1. The molecule has 7 nitrogen and oxygen atoms in total. The number of esters is 1. The maximum Gasteiger partial charge on any atom is 0.344 e. The van der Waals surface area contributed by atoms with Gasteiger partial charge in [0.15, 0.2) is 24.7 Å². The molecule has 0 aromatic heterocycles. The fraction of sp³-hybridized carbons (Fsp3) is 0.300. The van der Waals surface area contributed by atoms with E-state index in [9.17, 15) is 9.59 Å². The molecule has 1 aliphatic rings. The number of hydrogen-bond donors (Lipinski definition) is 0. The summed E-state index contributed by atoms with van der Waals surface area (Å²) in [5.74, 6) is 1.03. The van der Waals surface area contributed by atoms with Crippen molar-refractivity contribution in [1.82, 2.24) is 4.90 Å². The van der Waals surface area contributed by atoms with E-state index in [0.29, 0.717) is 37.0 Å². The Morgan fingerprint density at radius 1 is 1.00 bits per heavy atom. The first-order chi connectivity index (χ1) is 13.1. The molecule has 2 aromatic carbocycles. The molecule has 0 aliphatic carbocycles. The standard InChI is InChI=1S/C20H21NO6/c1-21(12-15-7-8-17-18(11-15)25-10-9-24-17)19(22)13-27-20(23)14-26-16-5-3-2-4-6-16/h2-8,11H,9-10,12-14H2,1H3. The van der Waals surface area contributed by atoms with Gasteiger partial charge >= 0.3 is 5.97 Å². The van der Waals surface area contributed by atoms with Crippen LogP contribution in [-0.4, -0.2) is 50.3 Å². The molecule has 0 fully saturated rings. The van der Waals surface area contributed by atoms with Crippen molar-refractivity contribution in [3.63, 3.8) is 0 Å². The molecule has 2 aromatic rings. The van der Waals surface area contributed by atoms with E-state index in [1.165, 1.54) is 4.90 Å². The van der Waals surface area contributed by atoms with Crippen LogP contribution in [0, 0.1) is 0 Å².